The number of methoxy groups -OCH3 is 1. The van der Waals surface area contributed by atoms with Gasteiger partial charge in [-0.1, -0.05) is 65.7 Å². The summed E-state index contributed by atoms with van der Waals surface area (Å²) in [5.41, 5.74) is 0.243. The number of likely N-dealkylation sites (tertiary alicyclic amines) is 1. The number of benzene rings is 3. The first-order valence-corrected chi connectivity index (χ1v) is 17.8. The predicted octanol–water partition coefficient (Wildman–Crippen LogP) is 4.30. The number of anilines is 2. The Hall–Kier alpha value is -4.92. The monoisotopic (exact) mass is 738 g/mol. The number of esters is 1. The lowest BCUT2D eigenvalue weighted by atomic mass is 9.74. The van der Waals surface area contributed by atoms with Crippen LogP contribution in [0.15, 0.2) is 94.7 Å². The molecule has 16 heteroatoms. The number of halogens is 2. The van der Waals surface area contributed by atoms with Gasteiger partial charge in [-0.25, -0.2) is 22.8 Å². The number of ether oxygens (including phenoxy) is 1. The smallest absolute Gasteiger partial charge is 0.349 e. The average Bonchev–Trinajstić information content (AvgIpc) is 3.43. The van der Waals surface area contributed by atoms with Gasteiger partial charge in [0.1, 0.15) is 11.9 Å². The number of carbonyl (C=O) groups excluding carboxylic acids is 3. The molecule has 4 aromatic rings. The Labute approximate surface area is 297 Å². The number of fused-ring (bicyclic) bond motifs is 2. The Morgan fingerprint density at radius 2 is 1.60 bits per heavy atom. The number of urea groups is 1. The van der Waals surface area contributed by atoms with Crippen LogP contribution in [-0.2, 0) is 31.5 Å². The lowest BCUT2D eigenvalue weighted by Gasteiger charge is -2.40. The second kappa shape index (κ2) is 14.1. The van der Waals surface area contributed by atoms with Gasteiger partial charge in [0, 0.05) is 31.2 Å². The van der Waals surface area contributed by atoms with Gasteiger partial charge in [-0.2, -0.15) is 4.98 Å². The van der Waals surface area contributed by atoms with Crippen molar-refractivity contribution in [1.82, 2.24) is 19.8 Å². The van der Waals surface area contributed by atoms with Gasteiger partial charge in [-0.15, -0.1) is 0 Å². The zero-order chi connectivity index (χ0) is 35.6. The van der Waals surface area contributed by atoms with Crippen molar-refractivity contribution < 1.29 is 27.5 Å². The summed E-state index contributed by atoms with van der Waals surface area (Å²) in [4.78, 5) is 57.4. The molecule has 2 aliphatic rings. The van der Waals surface area contributed by atoms with Crippen LogP contribution in [0.5, 0.6) is 0 Å². The Morgan fingerprint density at radius 3 is 2.26 bits per heavy atom. The standard InChI is InChI=1S/C34H32Cl2N6O7S/c1-49-31(44)26(20-41-17-14-28(39-33(41)46)38-30(43)29-24(35)11-7-12-25(29)36)37-32(45)40-18-15-34(16-19-40)21-42(27-13-6-5-10-23(27)34)50(47,48)22-8-3-2-4-9-22/h2-14,17,26H,15-16,18-21H2,1H3,(H,37,45)(H,38,39,43,46)/t26-/m0/s1. The second-order valence-corrected chi connectivity index (χ2v) is 14.6. The van der Waals surface area contributed by atoms with Crippen molar-refractivity contribution >= 4 is 62.6 Å². The minimum absolute atomic E-state index is 0.0191. The summed E-state index contributed by atoms with van der Waals surface area (Å²) in [7, 11) is -2.65. The Morgan fingerprint density at radius 1 is 0.940 bits per heavy atom. The molecule has 0 aliphatic carbocycles. The van der Waals surface area contributed by atoms with Crippen molar-refractivity contribution in [2.24, 2.45) is 0 Å². The SMILES string of the molecule is COC(=O)[C@H](Cn1ccc(NC(=O)c2c(Cl)cccc2Cl)nc1=O)NC(=O)N1CCC2(CC1)CN(S(=O)(=O)c1ccccc1)c1ccccc12. The van der Waals surface area contributed by atoms with E-state index in [1.54, 1.807) is 47.4 Å². The molecule has 3 heterocycles. The van der Waals surface area contributed by atoms with E-state index in [4.69, 9.17) is 27.9 Å². The lowest BCUT2D eigenvalue weighted by molar-refractivity contribution is -0.143. The third-order valence-corrected chi connectivity index (χ3v) is 11.4. The molecule has 50 heavy (non-hydrogen) atoms. The fraction of sp³-hybridized carbons (Fsp3) is 0.265. The summed E-state index contributed by atoms with van der Waals surface area (Å²) in [6.45, 7) is 0.519. The Bertz CT molecular complexity index is 2100. The molecule has 6 rings (SSSR count). The summed E-state index contributed by atoms with van der Waals surface area (Å²) in [6.07, 6.45) is 2.28. The number of amides is 3. The van der Waals surface area contributed by atoms with E-state index in [1.807, 2.05) is 18.2 Å². The van der Waals surface area contributed by atoms with Crippen LogP contribution >= 0.6 is 23.2 Å². The van der Waals surface area contributed by atoms with Crippen molar-refractivity contribution in [2.45, 2.75) is 35.7 Å². The highest BCUT2D eigenvalue weighted by Gasteiger charge is 2.48. The van der Waals surface area contributed by atoms with E-state index in [2.05, 4.69) is 15.6 Å². The van der Waals surface area contributed by atoms with Crippen LogP contribution < -0.4 is 20.6 Å². The fourth-order valence-corrected chi connectivity index (χ4v) is 8.53. The number of nitrogens with zero attached hydrogens (tertiary/aromatic N) is 4. The lowest BCUT2D eigenvalue weighted by Crippen LogP contribution is -2.54. The van der Waals surface area contributed by atoms with Gasteiger partial charge in [0.15, 0.2) is 0 Å². The molecule has 3 amide bonds. The van der Waals surface area contributed by atoms with E-state index >= 15 is 0 Å². The largest absolute Gasteiger partial charge is 0.467 e. The van der Waals surface area contributed by atoms with Crippen LogP contribution in [0.25, 0.3) is 0 Å². The molecule has 260 valence electrons. The first kappa shape index (κ1) is 34.9. The van der Waals surface area contributed by atoms with E-state index in [0.29, 0.717) is 31.6 Å². The van der Waals surface area contributed by atoms with Crippen LogP contribution in [0.1, 0.15) is 28.8 Å². The Balaban J connectivity index is 1.12. The maximum atomic E-state index is 13.7. The molecule has 1 atom stereocenters. The number of piperidine rings is 1. The highest BCUT2D eigenvalue weighted by Crippen LogP contribution is 2.48. The van der Waals surface area contributed by atoms with Crippen molar-refractivity contribution in [3.63, 3.8) is 0 Å². The predicted molar refractivity (Wildman–Crippen MR) is 187 cm³/mol. The Kier molecular flexibility index (Phi) is 9.87. The molecule has 1 aromatic heterocycles. The summed E-state index contributed by atoms with van der Waals surface area (Å²) in [6, 6.07) is 19.8. The quantitative estimate of drug-likeness (QED) is 0.253. The summed E-state index contributed by atoms with van der Waals surface area (Å²) >= 11 is 12.2. The molecule has 3 aromatic carbocycles. The zero-order valence-corrected chi connectivity index (χ0v) is 29.0. The molecule has 0 unspecified atom stereocenters. The molecular formula is C34H32Cl2N6O7S. The van der Waals surface area contributed by atoms with Crippen LogP contribution in [0.3, 0.4) is 0 Å². The summed E-state index contributed by atoms with van der Waals surface area (Å²) in [5, 5.41) is 5.39. The number of rotatable bonds is 8. The van der Waals surface area contributed by atoms with E-state index < -0.39 is 45.1 Å². The van der Waals surface area contributed by atoms with Gasteiger partial charge < -0.3 is 20.3 Å². The number of hydrogen-bond donors (Lipinski definition) is 2. The van der Waals surface area contributed by atoms with Gasteiger partial charge in [0.05, 0.1) is 39.8 Å². The van der Waals surface area contributed by atoms with Crippen LogP contribution in [0.2, 0.25) is 10.0 Å². The van der Waals surface area contributed by atoms with Gasteiger partial charge in [-0.3, -0.25) is 13.7 Å². The van der Waals surface area contributed by atoms with Gasteiger partial charge in [0.2, 0.25) is 0 Å². The van der Waals surface area contributed by atoms with Crippen LogP contribution in [0.4, 0.5) is 16.3 Å². The molecule has 0 bridgehead atoms. The van der Waals surface area contributed by atoms with Crippen molar-refractivity contribution in [1.29, 1.82) is 0 Å². The number of sulfonamides is 1. The summed E-state index contributed by atoms with van der Waals surface area (Å²) in [5.74, 6) is -1.52. The maximum absolute atomic E-state index is 13.7. The van der Waals surface area contributed by atoms with Crippen LogP contribution in [-0.4, -0.2) is 73.6 Å². The topological polar surface area (TPSA) is 160 Å². The average molecular weight is 740 g/mol. The molecular weight excluding hydrogens is 707 g/mol. The second-order valence-electron chi connectivity index (χ2n) is 11.9. The van der Waals surface area contributed by atoms with Gasteiger partial charge >= 0.3 is 17.7 Å². The van der Waals surface area contributed by atoms with Crippen LogP contribution in [0, 0.1) is 0 Å². The minimum Gasteiger partial charge on any atom is -0.467 e. The third-order valence-electron chi connectivity index (χ3n) is 9.00. The number of hydrogen-bond acceptors (Lipinski definition) is 8. The molecule has 1 saturated heterocycles. The van der Waals surface area contributed by atoms with Crippen molar-refractivity contribution in [3.8, 4) is 0 Å². The normalized spacial score (nSPS) is 15.7. The molecule has 1 fully saturated rings. The van der Waals surface area contributed by atoms with Crippen molar-refractivity contribution in [3.05, 3.63) is 117 Å². The molecule has 13 nitrogen and oxygen atoms in total. The maximum Gasteiger partial charge on any atom is 0.349 e. The fourth-order valence-electron chi connectivity index (χ4n) is 6.37. The molecule has 0 radical (unpaired) electrons. The molecule has 2 aliphatic heterocycles. The number of para-hydroxylation sites is 1. The first-order chi connectivity index (χ1) is 23.9. The van der Waals surface area contributed by atoms with Gasteiger partial charge in [-0.05, 0) is 54.8 Å². The summed E-state index contributed by atoms with van der Waals surface area (Å²) < 4.78 is 34.8. The zero-order valence-electron chi connectivity index (χ0n) is 26.7. The highest BCUT2D eigenvalue weighted by atomic mass is 35.5. The first-order valence-electron chi connectivity index (χ1n) is 15.6. The van der Waals surface area contributed by atoms with E-state index in [-0.39, 0.29) is 39.4 Å². The number of aromatic nitrogens is 2. The minimum atomic E-state index is -3.82. The van der Waals surface area contributed by atoms with E-state index in [0.717, 1.165) is 10.1 Å². The third kappa shape index (κ3) is 6.78. The van der Waals surface area contributed by atoms with E-state index in [9.17, 15) is 27.6 Å². The van der Waals surface area contributed by atoms with Crippen molar-refractivity contribution in [2.75, 3.05) is 36.4 Å². The number of carbonyl (C=O) groups is 3. The molecule has 2 N–H and O–H groups in total. The molecule has 1 spiro atoms. The highest BCUT2D eigenvalue weighted by molar-refractivity contribution is 7.92. The van der Waals surface area contributed by atoms with E-state index in [1.165, 1.54) is 35.8 Å². The van der Waals surface area contributed by atoms with Gasteiger partial charge in [0.25, 0.3) is 15.9 Å². The molecule has 0 saturated carbocycles. The number of nitrogens with one attached hydrogen (secondary N) is 2.